The zero-order valence-electron chi connectivity index (χ0n) is 17.0. The van der Waals surface area contributed by atoms with Gasteiger partial charge in [-0.05, 0) is 86.3 Å². The van der Waals surface area contributed by atoms with Crippen LogP contribution < -0.4 is 4.74 Å². The van der Waals surface area contributed by atoms with Gasteiger partial charge in [0.2, 0.25) is 0 Å². The zero-order chi connectivity index (χ0) is 22.0. The SMILES string of the molecule is COc1cc(/C=C2/SC(=Nc3ccccc3)N(C3CCCCC3)C2=O)c(Br)c(Br)c1O. The Morgan fingerprint density at radius 3 is 2.55 bits per heavy atom. The van der Waals surface area contributed by atoms with Gasteiger partial charge in [-0.3, -0.25) is 9.69 Å². The van der Waals surface area contributed by atoms with E-state index in [2.05, 4.69) is 31.9 Å². The summed E-state index contributed by atoms with van der Waals surface area (Å²) in [6.07, 6.45) is 7.29. The maximum Gasteiger partial charge on any atom is 0.267 e. The quantitative estimate of drug-likeness (QED) is 0.411. The van der Waals surface area contributed by atoms with Crippen molar-refractivity contribution in [2.24, 2.45) is 4.99 Å². The number of nitrogens with zero attached hydrogens (tertiary/aromatic N) is 2. The molecule has 0 radical (unpaired) electrons. The summed E-state index contributed by atoms with van der Waals surface area (Å²) in [6, 6.07) is 11.6. The van der Waals surface area contributed by atoms with E-state index in [1.807, 2.05) is 41.3 Å². The van der Waals surface area contributed by atoms with Crippen molar-refractivity contribution in [3.63, 3.8) is 0 Å². The third kappa shape index (κ3) is 4.71. The van der Waals surface area contributed by atoms with E-state index in [1.165, 1.54) is 25.3 Å². The second-order valence-electron chi connectivity index (χ2n) is 7.45. The van der Waals surface area contributed by atoms with Crippen molar-refractivity contribution in [1.29, 1.82) is 0 Å². The number of phenolic OH excluding ortho intramolecular Hbond substituents is 1. The molecule has 1 saturated carbocycles. The molecule has 1 aliphatic carbocycles. The smallest absolute Gasteiger partial charge is 0.267 e. The maximum absolute atomic E-state index is 13.5. The average Bonchev–Trinajstić information content (AvgIpc) is 3.09. The van der Waals surface area contributed by atoms with Crippen LogP contribution in [0.3, 0.4) is 0 Å². The summed E-state index contributed by atoms with van der Waals surface area (Å²) in [7, 11) is 1.50. The number of aromatic hydroxyl groups is 1. The van der Waals surface area contributed by atoms with Crippen molar-refractivity contribution in [1.82, 2.24) is 4.90 Å². The third-order valence-corrected chi connectivity index (χ3v) is 8.58. The van der Waals surface area contributed by atoms with E-state index >= 15 is 0 Å². The molecular weight excluding hydrogens is 544 g/mol. The number of halogens is 2. The molecule has 0 spiro atoms. The number of ether oxygens (including phenoxy) is 1. The number of benzene rings is 2. The van der Waals surface area contributed by atoms with Crippen molar-refractivity contribution >= 4 is 66.5 Å². The molecule has 0 aromatic heterocycles. The molecule has 2 aromatic carbocycles. The highest BCUT2D eigenvalue weighted by Crippen LogP contribution is 2.44. The Balaban J connectivity index is 1.75. The Morgan fingerprint density at radius 1 is 1.16 bits per heavy atom. The van der Waals surface area contributed by atoms with E-state index in [4.69, 9.17) is 9.73 Å². The van der Waals surface area contributed by atoms with E-state index in [0.29, 0.717) is 19.6 Å². The molecule has 2 aromatic rings. The Morgan fingerprint density at radius 2 is 1.87 bits per heavy atom. The molecule has 4 rings (SSSR count). The van der Waals surface area contributed by atoms with Gasteiger partial charge < -0.3 is 9.84 Å². The van der Waals surface area contributed by atoms with Crippen LogP contribution in [0.5, 0.6) is 11.5 Å². The van der Waals surface area contributed by atoms with E-state index in [0.717, 1.165) is 42.1 Å². The number of para-hydroxylation sites is 1. The predicted octanol–water partition coefficient (Wildman–Crippen LogP) is 6.86. The number of carbonyl (C=O) groups is 1. The van der Waals surface area contributed by atoms with Crippen LogP contribution in [0.15, 0.2) is 55.2 Å². The molecule has 31 heavy (non-hydrogen) atoms. The first-order valence-corrected chi connectivity index (χ1v) is 12.5. The van der Waals surface area contributed by atoms with Crippen LogP contribution >= 0.6 is 43.6 Å². The number of hydrogen-bond donors (Lipinski definition) is 1. The fourth-order valence-corrected chi connectivity index (χ4v) is 5.74. The number of thioether (sulfide) groups is 1. The molecule has 1 aliphatic heterocycles. The van der Waals surface area contributed by atoms with E-state index in [-0.39, 0.29) is 17.7 Å². The third-order valence-electron chi connectivity index (χ3n) is 5.44. The summed E-state index contributed by atoms with van der Waals surface area (Å²) in [6.45, 7) is 0. The molecule has 2 aliphatic rings. The van der Waals surface area contributed by atoms with E-state index in [9.17, 15) is 9.90 Å². The Bertz CT molecular complexity index is 1050. The number of amides is 1. The number of carbonyl (C=O) groups excluding carboxylic acids is 1. The van der Waals surface area contributed by atoms with Gasteiger partial charge in [0.25, 0.3) is 5.91 Å². The van der Waals surface area contributed by atoms with Crippen molar-refractivity contribution < 1.29 is 14.6 Å². The largest absolute Gasteiger partial charge is 0.503 e. The standard InChI is InChI=1S/C23H22Br2N2O3S/c1-30-17-12-14(19(24)20(25)21(17)28)13-18-22(29)27(16-10-6-3-7-11-16)23(31-18)26-15-8-4-2-5-9-15/h2,4-5,8-9,12-13,16,28H,3,6-7,10-11H2,1H3/b18-13+,26-23?. The molecular formula is C23H22Br2N2O3S. The predicted molar refractivity (Wildman–Crippen MR) is 133 cm³/mol. The summed E-state index contributed by atoms with van der Waals surface area (Å²) in [4.78, 5) is 20.8. The van der Waals surface area contributed by atoms with Gasteiger partial charge in [-0.2, -0.15) is 0 Å². The summed E-state index contributed by atoms with van der Waals surface area (Å²) >= 11 is 8.29. The molecule has 5 nitrogen and oxygen atoms in total. The van der Waals surface area contributed by atoms with Gasteiger partial charge in [0, 0.05) is 10.5 Å². The van der Waals surface area contributed by atoms with Crippen LogP contribution in [0, 0.1) is 0 Å². The van der Waals surface area contributed by atoms with Crippen molar-refractivity contribution in [3.05, 3.63) is 55.8 Å². The molecule has 0 bridgehead atoms. The molecule has 1 amide bonds. The Kier molecular flexibility index (Phi) is 7.08. The van der Waals surface area contributed by atoms with Crippen LogP contribution in [0.4, 0.5) is 5.69 Å². The summed E-state index contributed by atoms with van der Waals surface area (Å²) in [5.74, 6) is 0.318. The van der Waals surface area contributed by atoms with Crippen LogP contribution in [0.2, 0.25) is 0 Å². The van der Waals surface area contributed by atoms with E-state index in [1.54, 1.807) is 6.07 Å². The Hall–Kier alpha value is -1.77. The van der Waals surface area contributed by atoms with Crippen LogP contribution in [0.1, 0.15) is 37.7 Å². The molecule has 0 unspecified atom stereocenters. The molecule has 1 N–H and O–H groups in total. The lowest BCUT2D eigenvalue weighted by molar-refractivity contribution is -0.124. The first-order valence-electron chi connectivity index (χ1n) is 10.1. The molecule has 1 heterocycles. The summed E-state index contributed by atoms with van der Waals surface area (Å²) < 4.78 is 6.41. The zero-order valence-corrected chi connectivity index (χ0v) is 21.0. The van der Waals surface area contributed by atoms with Crippen LogP contribution in [-0.4, -0.2) is 34.2 Å². The van der Waals surface area contributed by atoms with Crippen LogP contribution in [0.25, 0.3) is 6.08 Å². The van der Waals surface area contributed by atoms with Gasteiger partial charge in [-0.1, -0.05) is 37.5 Å². The van der Waals surface area contributed by atoms with Crippen LogP contribution in [-0.2, 0) is 4.79 Å². The van der Waals surface area contributed by atoms with Gasteiger partial charge in [0.1, 0.15) is 0 Å². The fourth-order valence-electron chi connectivity index (χ4n) is 3.85. The highest BCUT2D eigenvalue weighted by molar-refractivity contribution is 9.13. The van der Waals surface area contributed by atoms with Gasteiger partial charge in [0.15, 0.2) is 16.7 Å². The number of amidine groups is 1. The highest BCUT2D eigenvalue weighted by Gasteiger charge is 2.38. The molecule has 162 valence electrons. The maximum atomic E-state index is 13.5. The number of hydrogen-bond acceptors (Lipinski definition) is 5. The summed E-state index contributed by atoms with van der Waals surface area (Å²) in [5.41, 5.74) is 1.57. The lowest BCUT2D eigenvalue weighted by Crippen LogP contribution is -2.40. The topological polar surface area (TPSA) is 62.1 Å². The number of rotatable bonds is 4. The fraction of sp³-hybridized carbons (Fsp3) is 0.304. The second kappa shape index (κ2) is 9.79. The minimum atomic E-state index is -0.0263. The first kappa shape index (κ1) is 22.4. The molecule has 8 heteroatoms. The second-order valence-corrected chi connectivity index (χ2v) is 10.0. The lowest BCUT2D eigenvalue weighted by atomic mass is 9.94. The normalized spacial score (nSPS) is 20.1. The number of phenols is 1. The van der Waals surface area contributed by atoms with Gasteiger partial charge in [0.05, 0.1) is 22.2 Å². The summed E-state index contributed by atoms with van der Waals surface area (Å²) in [5, 5.41) is 10.9. The molecule has 0 atom stereocenters. The van der Waals surface area contributed by atoms with Crippen molar-refractivity contribution in [2.45, 2.75) is 38.1 Å². The first-order chi connectivity index (χ1) is 15.0. The van der Waals surface area contributed by atoms with E-state index < -0.39 is 0 Å². The Labute approximate surface area is 202 Å². The minimum absolute atomic E-state index is 0.0112. The average molecular weight is 566 g/mol. The highest BCUT2D eigenvalue weighted by atomic mass is 79.9. The van der Waals surface area contributed by atoms with Gasteiger partial charge >= 0.3 is 0 Å². The molecule has 2 fully saturated rings. The monoisotopic (exact) mass is 564 g/mol. The minimum Gasteiger partial charge on any atom is -0.503 e. The number of aliphatic imine (C=N–C) groups is 1. The van der Waals surface area contributed by atoms with Gasteiger partial charge in [-0.15, -0.1) is 0 Å². The molecule has 1 saturated heterocycles. The lowest BCUT2D eigenvalue weighted by Gasteiger charge is -2.30. The number of methoxy groups -OCH3 is 1. The van der Waals surface area contributed by atoms with Crippen molar-refractivity contribution in [2.75, 3.05) is 7.11 Å². The van der Waals surface area contributed by atoms with Crippen molar-refractivity contribution in [3.8, 4) is 11.5 Å². The van der Waals surface area contributed by atoms with Gasteiger partial charge in [-0.25, -0.2) is 4.99 Å².